The highest BCUT2D eigenvalue weighted by Gasteiger charge is 2.23. The van der Waals surface area contributed by atoms with Gasteiger partial charge in [0.05, 0.1) is 5.39 Å². The molecular weight excluding hydrogens is 322 g/mol. The number of halogens is 1. The van der Waals surface area contributed by atoms with Crippen molar-refractivity contribution < 1.29 is 9.90 Å². The van der Waals surface area contributed by atoms with Crippen LogP contribution in [0.1, 0.15) is 36.6 Å². The Morgan fingerprint density at radius 2 is 2.32 bits per heavy atom. The fraction of sp³-hybridized carbons (Fsp3) is 0.533. The number of carbonyl (C=O) groups is 1. The number of carboxylic acids is 1. The van der Waals surface area contributed by atoms with Crippen LogP contribution in [-0.2, 0) is 17.6 Å². The smallest absolute Gasteiger partial charge is 0.303 e. The number of thiophene rings is 1. The second-order valence-electron chi connectivity index (χ2n) is 5.80. The van der Waals surface area contributed by atoms with Gasteiger partial charge in [0.2, 0.25) is 5.28 Å². The van der Waals surface area contributed by atoms with Crippen LogP contribution in [-0.4, -0.2) is 27.6 Å². The van der Waals surface area contributed by atoms with E-state index in [-0.39, 0.29) is 11.7 Å². The Morgan fingerprint density at radius 1 is 1.50 bits per heavy atom. The fourth-order valence-electron chi connectivity index (χ4n) is 2.89. The molecule has 22 heavy (non-hydrogen) atoms. The van der Waals surface area contributed by atoms with Gasteiger partial charge in [0, 0.05) is 17.8 Å². The van der Waals surface area contributed by atoms with Gasteiger partial charge in [-0.05, 0) is 48.8 Å². The molecule has 3 rings (SSSR count). The lowest BCUT2D eigenvalue weighted by Crippen LogP contribution is -2.10. The van der Waals surface area contributed by atoms with Gasteiger partial charge in [-0.15, -0.1) is 11.3 Å². The van der Waals surface area contributed by atoms with Gasteiger partial charge in [0.15, 0.2) is 0 Å². The molecule has 0 spiro atoms. The maximum atomic E-state index is 10.6. The summed E-state index contributed by atoms with van der Waals surface area (Å²) in [5, 5.41) is 13.3. The number of nitrogens with zero attached hydrogens (tertiary/aromatic N) is 2. The molecule has 0 aromatic carbocycles. The molecule has 1 unspecified atom stereocenters. The average Bonchev–Trinajstić information content (AvgIpc) is 2.79. The first-order chi connectivity index (χ1) is 10.5. The Kier molecular flexibility index (Phi) is 4.49. The zero-order chi connectivity index (χ0) is 15.7. The van der Waals surface area contributed by atoms with Crippen molar-refractivity contribution in [1.82, 2.24) is 9.97 Å². The van der Waals surface area contributed by atoms with Crippen LogP contribution < -0.4 is 5.32 Å². The number of aryl methyl sites for hydroxylation is 1. The lowest BCUT2D eigenvalue weighted by atomic mass is 9.89. The molecule has 1 atom stereocenters. The molecule has 0 radical (unpaired) electrons. The topological polar surface area (TPSA) is 75.1 Å². The molecule has 7 heteroatoms. The molecule has 2 aromatic heterocycles. The third-order valence-corrected chi connectivity index (χ3v) is 5.30. The molecule has 0 amide bonds. The van der Waals surface area contributed by atoms with Gasteiger partial charge in [-0.2, -0.15) is 0 Å². The molecule has 2 heterocycles. The van der Waals surface area contributed by atoms with Crippen molar-refractivity contribution >= 4 is 44.9 Å². The van der Waals surface area contributed by atoms with E-state index in [0.717, 1.165) is 28.9 Å². The standard InChI is InChI=1S/C15H18ClN3O2S/c1-8-4-5-9-10(7-8)22-14-12(9)13(18-15(16)19-14)17-6-2-3-11(20)21/h8H,2-7H2,1H3,(H,20,21)(H,17,18,19). The van der Waals surface area contributed by atoms with Crippen molar-refractivity contribution in [2.45, 2.75) is 39.0 Å². The van der Waals surface area contributed by atoms with Crippen LogP contribution >= 0.6 is 22.9 Å². The third kappa shape index (κ3) is 3.17. The van der Waals surface area contributed by atoms with Crippen molar-refractivity contribution in [2.75, 3.05) is 11.9 Å². The summed E-state index contributed by atoms with van der Waals surface area (Å²) in [4.78, 5) is 21.6. The Labute approximate surface area is 137 Å². The molecule has 0 aliphatic heterocycles. The number of aromatic nitrogens is 2. The molecule has 2 N–H and O–H groups in total. The summed E-state index contributed by atoms with van der Waals surface area (Å²) in [5.74, 6) is 0.665. The number of nitrogens with one attached hydrogen (secondary N) is 1. The van der Waals surface area contributed by atoms with Crippen molar-refractivity contribution in [3.8, 4) is 0 Å². The van der Waals surface area contributed by atoms with Gasteiger partial charge in [-0.1, -0.05) is 6.92 Å². The van der Waals surface area contributed by atoms with Crippen LogP contribution in [0, 0.1) is 5.92 Å². The van der Waals surface area contributed by atoms with E-state index in [4.69, 9.17) is 16.7 Å². The lowest BCUT2D eigenvalue weighted by Gasteiger charge is -2.18. The van der Waals surface area contributed by atoms with Crippen LogP contribution in [0.4, 0.5) is 5.82 Å². The summed E-state index contributed by atoms with van der Waals surface area (Å²) in [7, 11) is 0. The van der Waals surface area contributed by atoms with E-state index in [9.17, 15) is 4.79 Å². The van der Waals surface area contributed by atoms with E-state index in [2.05, 4.69) is 22.2 Å². The Balaban J connectivity index is 1.90. The summed E-state index contributed by atoms with van der Waals surface area (Å²) in [6.45, 7) is 2.84. The predicted octanol–water partition coefficient (Wildman–Crippen LogP) is 3.75. The highest BCUT2D eigenvalue weighted by molar-refractivity contribution is 7.19. The molecule has 0 saturated heterocycles. The second kappa shape index (κ2) is 6.38. The van der Waals surface area contributed by atoms with E-state index in [1.165, 1.54) is 16.9 Å². The summed E-state index contributed by atoms with van der Waals surface area (Å²) in [6.07, 6.45) is 4.02. The quantitative estimate of drug-likeness (QED) is 0.641. The number of fused-ring (bicyclic) bond motifs is 3. The first-order valence-corrected chi connectivity index (χ1v) is 8.67. The monoisotopic (exact) mass is 339 g/mol. The van der Waals surface area contributed by atoms with Gasteiger partial charge in [0.25, 0.3) is 0 Å². The van der Waals surface area contributed by atoms with Gasteiger partial charge in [-0.25, -0.2) is 9.97 Å². The van der Waals surface area contributed by atoms with Crippen LogP contribution in [0.3, 0.4) is 0 Å². The summed E-state index contributed by atoms with van der Waals surface area (Å²) >= 11 is 7.74. The first-order valence-electron chi connectivity index (χ1n) is 7.48. The van der Waals surface area contributed by atoms with E-state index in [1.807, 2.05) is 0 Å². The van der Waals surface area contributed by atoms with Crippen LogP contribution in [0.5, 0.6) is 0 Å². The number of aliphatic carboxylic acids is 1. The third-order valence-electron chi connectivity index (χ3n) is 3.99. The first kappa shape index (κ1) is 15.5. The molecule has 5 nitrogen and oxygen atoms in total. The summed E-state index contributed by atoms with van der Waals surface area (Å²) < 4.78 is 0. The molecule has 1 aliphatic carbocycles. The number of rotatable bonds is 5. The van der Waals surface area contributed by atoms with E-state index < -0.39 is 5.97 Å². The molecule has 1 aliphatic rings. The Morgan fingerprint density at radius 3 is 3.09 bits per heavy atom. The molecule has 0 bridgehead atoms. The van der Waals surface area contributed by atoms with Crippen molar-refractivity contribution in [3.05, 3.63) is 15.7 Å². The van der Waals surface area contributed by atoms with Crippen LogP contribution in [0.2, 0.25) is 5.28 Å². The predicted molar refractivity (Wildman–Crippen MR) is 89.0 cm³/mol. The maximum absolute atomic E-state index is 10.6. The van der Waals surface area contributed by atoms with Crippen LogP contribution in [0.25, 0.3) is 10.2 Å². The van der Waals surface area contributed by atoms with E-state index >= 15 is 0 Å². The molecule has 2 aromatic rings. The molecule has 0 fully saturated rings. The average molecular weight is 340 g/mol. The SMILES string of the molecule is CC1CCc2c(sc3nc(Cl)nc(NCCCC(=O)O)c23)C1. The number of anilines is 1. The minimum atomic E-state index is -0.783. The van der Waals surface area contributed by atoms with Gasteiger partial charge < -0.3 is 10.4 Å². The van der Waals surface area contributed by atoms with Gasteiger partial charge in [0.1, 0.15) is 10.6 Å². The second-order valence-corrected chi connectivity index (χ2v) is 7.22. The van der Waals surface area contributed by atoms with Crippen molar-refractivity contribution in [3.63, 3.8) is 0 Å². The van der Waals surface area contributed by atoms with Gasteiger partial charge >= 0.3 is 5.97 Å². The highest BCUT2D eigenvalue weighted by Crippen LogP contribution is 2.40. The number of hydrogen-bond donors (Lipinski definition) is 2. The van der Waals surface area contributed by atoms with Gasteiger partial charge in [-0.3, -0.25) is 4.79 Å². The highest BCUT2D eigenvalue weighted by atomic mass is 35.5. The molecular formula is C15H18ClN3O2S. The largest absolute Gasteiger partial charge is 0.481 e. The molecule has 0 saturated carbocycles. The lowest BCUT2D eigenvalue weighted by molar-refractivity contribution is -0.137. The van der Waals surface area contributed by atoms with E-state index in [1.54, 1.807) is 11.3 Å². The summed E-state index contributed by atoms with van der Waals surface area (Å²) in [5.41, 5.74) is 1.34. The summed E-state index contributed by atoms with van der Waals surface area (Å²) in [6, 6.07) is 0. The van der Waals surface area contributed by atoms with Crippen molar-refractivity contribution in [1.29, 1.82) is 0 Å². The Bertz CT molecular complexity index is 716. The number of carboxylic acid groups (broad SMARTS) is 1. The fourth-order valence-corrected chi connectivity index (χ4v) is 4.49. The zero-order valence-electron chi connectivity index (χ0n) is 12.4. The van der Waals surface area contributed by atoms with Crippen LogP contribution in [0.15, 0.2) is 0 Å². The maximum Gasteiger partial charge on any atom is 0.303 e. The zero-order valence-corrected chi connectivity index (χ0v) is 13.9. The minimum absolute atomic E-state index is 0.147. The normalized spacial score (nSPS) is 17.5. The van der Waals surface area contributed by atoms with Crippen molar-refractivity contribution in [2.24, 2.45) is 5.92 Å². The minimum Gasteiger partial charge on any atom is -0.481 e. The molecule has 118 valence electrons. The Hall–Kier alpha value is -1.40. The van der Waals surface area contributed by atoms with E-state index in [0.29, 0.717) is 18.9 Å². The number of hydrogen-bond acceptors (Lipinski definition) is 5.